The summed E-state index contributed by atoms with van der Waals surface area (Å²) < 4.78 is 4.55. The molecule has 0 unspecified atom stereocenters. The summed E-state index contributed by atoms with van der Waals surface area (Å²) in [7, 11) is 1.23. The third-order valence-electron chi connectivity index (χ3n) is 2.28. The minimum atomic E-state index is -0.628. The zero-order valence-corrected chi connectivity index (χ0v) is 9.28. The van der Waals surface area contributed by atoms with Crippen LogP contribution in [0.2, 0.25) is 0 Å². The maximum atomic E-state index is 11.4. The van der Waals surface area contributed by atoms with Crippen LogP contribution < -0.4 is 0 Å². The second-order valence-corrected chi connectivity index (χ2v) is 3.32. The number of non-ortho nitro benzene ring substituents is 1. The van der Waals surface area contributed by atoms with Crippen LogP contribution in [-0.4, -0.2) is 33.4 Å². The van der Waals surface area contributed by atoms with Crippen LogP contribution in [0.4, 0.5) is 5.69 Å². The van der Waals surface area contributed by atoms with E-state index in [-0.39, 0.29) is 17.1 Å². The standard InChI is InChI=1S/C10H8N4O4/c1-18-10(15)9-8(11-13-12-9)6-2-4-7(5-3-6)14(16)17/h2-5H,1H3,(H,11,12,13). The molecule has 1 N–H and O–H groups in total. The van der Waals surface area contributed by atoms with Gasteiger partial charge in [0.2, 0.25) is 0 Å². The fourth-order valence-corrected chi connectivity index (χ4v) is 1.41. The first kappa shape index (κ1) is 11.7. The van der Waals surface area contributed by atoms with Gasteiger partial charge in [0.05, 0.1) is 12.0 Å². The van der Waals surface area contributed by atoms with Crippen molar-refractivity contribution in [2.75, 3.05) is 7.11 Å². The molecule has 0 aliphatic heterocycles. The van der Waals surface area contributed by atoms with Crippen LogP contribution >= 0.6 is 0 Å². The lowest BCUT2D eigenvalue weighted by Gasteiger charge is -1.99. The minimum Gasteiger partial charge on any atom is -0.464 e. The Morgan fingerprint density at radius 2 is 2.00 bits per heavy atom. The van der Waals surface area contributed by atoms with Gasteiger partial charge >= 0.3 is 5.97 Å². The number of nitrogens with zero attached hydrogens (tertiary/aromatic N) is 3. The number of aromatic nitrogens is 3. The quantitative estimate of drug-likeness (QED) is 0.495. The van der Waals surface area contributed by atoms with E-state index in [2.05, 4.69) is 20.1 Å². The molecular formula is C10H8N4O4. The van der Waals surface area contributed by atoms with E-state index in [0.29, 0.717) is 5.56 Å². The first-order chi connectivity index (χ1) is 8.63. The monoisotopic (exact) mass is 248 g/mol. The maximum Gasteiger partial charge on any atom is 0.360 e. The van der Waals surface area contributed by atoms with Gasteiger partial charge in [-0.2, -0.15) is 10.3 Å². The lowest BCUT2D eigenvalue weighted by atomic mass is 10.1. The molecule has 1 aromatic heterocycles. The van der Waals surface area contributed by atoms with Crippen molar-refractivity contribution in [1.82, 2.24) is 15.4 Å². The predicted molar refractivity (Wildman–Crippen MR) is 59.8 cm³/mol. The van der Waals surface area contributed by atoms with Crippen LogP contribution in [0.15, 0.2) is 24.3 Å². The fourth-order valence-electron chi connectivity index (χ4n) is 1.41. The molecule has 0 aliphatic carbocycles. The Morgan fingerprint density at radius 3 is 2.56 bits per heavy atom. The summed E-state index contributed by atoms with van der Waals surface area (Å²) in [5.41, 5.74) is 0.819. The summed E-state index contributed by atoms with van der Waals surface area (Å²) in [6.45, 7) is 0. The summed E-state index contributed by atoms with van der Waals surface area (Å²) in [6, 6.07) is 5.63. The molecule has 0 saturated carbocycles. The smallest absolute Gasteiger partial charge is 0.360 e. The fraction of sp³-hybridized carbons (Fsp3) is 0.100. The highest BCUT2D eigenvalue weighted by Crippen LogP contribution is 2.22. The molecule has 92 valence electrons. The Balaban J connectivity index is 2.40. The minimum absolute atomic E-state index is 0.0337. The van der Waals surface area contributed by atoms with E-state index in [1.165, 1.54) is 31.4 Å². The highest BCUT2D eigenvalue weighted by Gasteiger charge is 2.18. The third kappa shape index (κ3) is 2.03. The molecule has 0 spiro atoms. The number of carbonyl (C=O) groups is 1. The molecule has 1 aromatic carbocycles. The Labute approximate surface area is 101 Å². The second-order valence-electron chi connectivity index (χ2n) is 3.32. The molecule has 8 heteroatoms. The number of benzene rings is 1. The van der Waals surface area contributed by atoms with Gasteiger partial charge < -0.3 is 4.74 Å². The average Bonchev–Trinajstić information content (AvgIpc) is 2.87. The molecule has 0 fully saturated rings. The highest BCUT2D eigenvalue weighted by atomic mass is 16.6. The normalized spacial score (nSPS) is 10.1. The molecular weight excluding hydrogens is 240 g/mol. The highest BCUT2D eigenvalue weighted by molar-refractivity contribution is 5.93. The van der Waals surface area contributed by atoms with Gasteiger partial charge in [-0.15, -0.1) is 5.10 Å². The molecule has 1 heterocycles. The first-order valence-electron chi connectivity index (χ1n) is 4.87. The van der Waals surface area contributed by atoms with E-state index in [9.17, 15) is 14.9 Å². The van der Waals surface area contributed by atoms with E-state index < -0.39 is 10.9 Å². The summed E-state index contributed by atoms with van der Waals surface area (Å²) in [5, 5.41) is 20.3. The van der Waals surface area contributed by atoms with E-state index in [1.807, 2.05) is 0 Å². The Bertz CT molecular complexity index is 590. The van der Waals surface area contributed by atoms with Crippen molar-refractivity contribution in [3.8, 4) is 11.3 Å². The van der Waals surface area contributed by atoms with Crippen molar-refractivity contribution in [3.63, 3.8) is 0 Å². The third-order valence-corrected chi connectivity index (χ3v) is 2.28. The van der Waals surface area contributed by atoms with Crippen LogP contribution in [0.3, 0.4) is 0 Å². The number of H-pyrrole nitrogens is 1. The van der Waals surface area contributed by atoms with Crippen molar-refractivity contribution in [2.24, 2.45) is 0 Å². The Hall–Kier alpha value is -2.77. The van der Waals surface area contributed by atoms with Gasteiger partial charge in [-0.1, -0.05) is 0 Å². The number of hydrogen-bond donors (Lipinski definition) is 1. The van der Waals surface area contributed by atoms with Gasteiger partial charge in [0, 0.05) is 17.7 Å². The van der Waals surface area contributed by atoms with Crippen molar-refractivity contribution in [1.29, 1.82) is 0 Å². The van der Waals surface area contributed by atoms with Gasteiger partial charge in [-0.25, -0.2) is 4.79 Å². The molecule has 8 nitrogen and oxygen atoms in total. The van der Waals surface area contributed by atoms with Gasteiger partial charge in [0.25, 0.3) is 5.69 Å². The number of ether oxygens (including phenoxy) is 1. The van der Waals surface area contributed by atoms with Crippen LogP contribution in [0.25, 0.3) is 11.3 Å². The maximum absolute atomic E-state index is 11.4. The van der Waals surface area contributed by atoms with Gasteiger partial charge in [-0.3, -0.25) is 10.1 Å². The summed E-state index contributed by atoms with van der Waals surface area (Å²) in [6.07, 6.45) is 0. The lowest BCUT2D eigenvalue weighted by Crippen LogP contribution is -2.03. The number of nitro benzene ring substituents is 1. The predicted octanol–water partition coefficient (Wildman–Crippen LogP) is 1.17. The number of carbonyl (C=O) groups excluding carboxylic acids is 1. The first-order valence-corrected chi connectivity index (χ1v) is 4.87. The summed E-state index contributed by atoms with van der Waals surface area (Å²) in [5.74, 6) is -0.628. The molecule has 0 bridgehead atoms. The summed E-state index contributed by atoms with van der Waals surface area (Å²) in [4.78, 5) is 21.4. The number of rotatable bonds is 3. The zero-order valence-electron chi connectivity index (χ0n) is 9.28. The van der Waals surface area contributed by atoms with Crippen LogP contribution in [0, 0.1) is 10.1 Å². The molecule has 0 aliphatic rings. The topological polar surface area (TPSA) is 111 Å². The van der Waals surface area contributed by atoms with Crippen molar-refractivity contribution in [2.45, 2.75) is 0 Å². The van der Waals surface area contributed by atoms with Gasteiger partial charge in [-0.05, 0) is 12.1 Å². The van der Waals surface area contributed by atoms with Crippen molar-refractivity contribution >= 4 is 11.7 Å². The molecule has 2 aromatic rings. The SMILES string of the molecule is COC(=O)c1n[nH]nc1-c1ccc([N+](=O)[O-])cc1. The van der Waals surface area contributed by atoms with E-state index in [4.69, 9.17) is 0 Å². The van der Waals surface area contributed by atoms with Gasteiger partial charge in [0.1, 0.15) is 5.69 Å². The van der Waals surface area contributed by atoms with E-state index in [0.717, 1.165) is 0 Å². The molecule has 0 radical (unpaired) electrons. The van der Waals surface area contributed by atoms with E-state index >= 15 is 0 Å². The largest absolute Gasteiger partial charge is 0.464 e. The average molecular weight is 248 g/mol. The Morgan fingerprint density at radius 1 is 1.33 bits per heavy atom. The lowest BCUT2D eigenvalue weighted by molar-refractivity contribution is -0.384. The molecule has 2 rings (SSSR count). The van der Waals surface area contributed by atoms with Crippen LogP contribution in [0.1, 0.15) is 10.5 Å². The number of aromatic amines is 1. The number of methoxy groups -OCH3 is 1. The number of esters is 1. The van der Waals surface area contributed by atoms with Crippen molar-refractivity contribution < 1.29 is 14.5 Å². The zero-order chi connectivity index (χ0) is 13.1. The van der Waals surface area contributed by atoms with Gasteiger partial charge in [0.15, 0.2) is 5.69 Å². The van der Waals surface area contributed by atoms with Crippen LogP contribution in [0.5, 0.6) is 0 Å². The molecule has 0 saturated heterocycles. The second kappa shape index (κ2) is 4.62. The number of nitrogens with one attached hydrogen (secondary N) is 1. The summed E-state index contributed by atoms with van der Waals surface area (Å²) >= 11 is 0. The van der Waals surface area contributed by atoms with E-state index in [1.54, 1.807) is 0 Å². The molecule has 0 atom stereocenters. The van der Waals surface area contributed by atoms with Crippen LogP contribution in [-0.2, 0) is 4.74 Å². The van der Waals surface area contributed by atoms with Crippen molar-refractivity contribution in [3.05, 3.63) is 40.1 Å². The molecule has 0 amide bonds. The Kier molecular flexibility index (Phi) is 3.00. The number of nitro groups is 1. The number of hydrogen-bond acceptors (Lipinski definition) is 6. The molecule has 18 heavy (non-hydrogen) atoms.